The van der Waals surface area contributed by atoms with Crippen molar-refractivity contribution in [1.29, 1.82) is 0 Å². The van der Waals surface area contributed by atoms with E-state index in [0.717, 1.165) is 16.5 Å². The fraction of sp³-hybridized carbons (Fsp3) is 0.0556. The average Bonchev–Trinajstić information content (AvgIpc) is 3.19. The molecule has 2 heterocycles. The third-order valence-corrected chi connectivity index (χ3v) is 4.64. The number of benzene rings is 2. The highest BCUT2D eigenvalue weighted by molar-refractivity contribution is 7.13. The minimum absolute atomic E-state index is 0.0558. The van der Waals surface area contributed by atoms with Crippen LogP contribution in [0.15, 0.2) is 64.1 Å². The van der Waals surface area contributed by atoms with Crippen LogP contribution in [0.2, 0.25) is 0 Å². The van der Waals surface area contributed by atoms with Crippen molar-refractivity contribution < 1.29 is 9.50 Å². The van der Waals surface area contributed by atoms with Gasteiger partial charge >= 0.3 is 0 Å². The van der Waals surface area contributed by atoms with E-state index in [2.05, 4.69) is 15.2 Å². The molecular formula is C18H13FN4OS. The van der Waals surface area contributed by atoms with E-state index in [9.17, 15) is 9.50 Å². The Labute approximate surface area is 146 Å². The van der Waals surface area contributed by atoms with E-state index < -0.39 is 0 Å². The van der Waals surface area contributed by atoms with Gasteiger partial charge in [0.1, 0.15) is 5.82 Å². The molecule has 0 fully saturated rings. The maximum absolute atomic E-state index is 13.0. The van der Waals surface area contributed by atoms with Gasteiger partial charge in [0, 0.05) is 23.4 Å². The van der Waals surface area contributed by atoms with E-state index in [-0.39, 0.29) is 11.7 Å². The molecule has 0 aliphatic rings. The van der Waals surface area contributed by atoms with Gasteiger partial charge in [-0.1, -0.05) is 18.2 Å². The molecule has 0 aliphatic heterocycles. The van der Waals surface area contributed by atoms with Crippen LogP contribution < -0.4 is 0 Å². The van der Waals surface area contributed by atoms with Crippen LogP contribution >= 0.6 is 11.3 Å². The van der Waals surface area contributed by atoms with Crippen molar-refractivity contribution in [2.24, 2.45) is 17.3 Å². The minimum Gasteiger partial charge on any atom is -0.493 e. The van der Waals surface area contributed by atoms with Gasteiger partial charge in [-0.2, -0.15) is 0 Å². The lowest BCUT2D eigenvalue weighted by molar-refractivity contribution is 0.436. The predicted octanol–water partition coefficient (Wildman–Crippen LogP) is 5.56. The lowest BCUT2D eigenvalue weighted by atomic mass is 10.2. The number of rotatable bonds is 3. The number of hydrogen-bond donors (Lipinski definition) is 1. The quantitative estimate of drug-likeness (QED) is 0.491. The van der Waals surface area contributed by atoms with E-state index in [4.69, 9.17) is 0 Å². The van der Waals surface area contributed by atoms with Crippen LogP contribution in [-0.4, -0.2) is 14.7 Å². The van der Waals surface area contributed by atoms with Crippen molar-refractivity contribution in [2.45, 2.75) is 0 Å². The van der Waals surface area contributed by atoms with E-state index in [1.807, 2.05) is 29.6 Å². The second kappa shape index (κ2) is 6.10. The molecule has 0 amide bonds. The zero-order valence-corrected chi connectivity index (χ0v) is 14.0. The van der Waals surface area contributed by atoms with Crippen molar-refractivity contribution in [1.82, 2.24) is 9.55 Å². The van der Waals surface area contributed by atoms with Crippen LogP contribution in [0.1, 0.15) is 0 Å². The second-order valence-corrected chi connectivity index (χ2v) is 6.31. The number of fused-ring (bicyclic) bond motifs is 1. The van der Waals surface area contributed by atoms with Crippen LogP contribution in [0.5, 0.6) is 5.88 Å². The molecule has 0 saturated carbocycles. The highest BCUT2D eigenvalue weighted by atomic mass is 32.1. The highest BCUT2D eigenvalue weighted by Gasteiger charge is 2.13. The maximum atomic E-state index is 13.0. The molecule has 2 aromatic heterocycles. The van der Waals surface area contributed by atoms with Crippen molar-refractivity contribution in [3.05, 3.63) is 59.7 Å². The molecule has 2 aromatic carbocycles. The van der Waals surface area contributed by atoms with Gasteiger partial charge in [-0.3, -0.25) is 0 Å². The zero-order valence-electron chi connectivity index (χ0n) is 13.2. The van der Waals surface area contributed by atoms with Crippen molar-refractivity contribution >= 4 is 33.1 Å². The Balaban J connectivity index is 1.67. The van der Waals surface area contributed by atoms with Gasteiger partial charge in [0.2, 0.25) is 11.0 Å². The normalized spacial score (nSPS) is 11.6. The number of thiazole rings is 1. The Morgan fingerprint density at radius 2 is 1.84 bits per heavy atom. The lowest BCUT2D eigenvalue weighted by Crippen LogP contribution is -1.84. The summed E-state index contributed by atoms with van der Waals surface area (Å²) in [4.78, 5) is 4.39. The fourth-order valence-corrected chi connectivity index (χ4v) is 3.26. The molecule has 1 N–H and O–H groups in total. The van der Waals surface area contributed by atoms with Crippen LogP contribution in [0.4, 0.5) is 15.2 Å². The summed E-state index contributed by atoms with van der Waals surface area (Å²) >= 11 is 1.33. The molecule has 0 saturated heterocycles. The number of nitrogens with zero attached hydrogens (tertiary/aromatic N) is 4. The first-order valence-electron chi connectivity index (χ1n) is 7.53. The molecule has 124 valence electrons. The van der Waals surface area contributed by atoms with Crippen LogP contribution in [0.3, 0.4) is 0 Å². The smallest absolute Gasteiger partial charge is 0.230 e. The van der Waals surface area contributed by atoms with Crippen LogP contribution in [0.25, 0.3) is 22.2 Å². The standard InChI is InChI=1S/C18H13FN4OS/c1-23-15-5-3-2-4-13(15)16(17(23)24)21-22-18-20-14(10-25-18)11-6-8-12(19)9-7-11/h2-10,24H,1H3. The SMILES string of the molecule is Cn1c(O)c(N=Nc2nc(-c3ccc(F)cc3)cs2)c2ccccc21. The Hall–Kier alpha value is -3.06. The zero-order chi connectivity index (χ0) is 17.4. The Bertz CT molecular complexity index is 1080. The number of azo groups is 1. The summed E-state index contributed by atoms with van der Waals surface area (Å²) in [5.41, 5.74) is 2.81. The molecule has 25 heavy (non-hydrogen) atoms. The summed E-state index contributed by atoms with van der Waals surface area (Å²) in [7, 11) is 1.77. The predicted molar refractivity (Wildman–Crippen MR) is 96.3 cm³/mol. The second-order valence-electron chi connectivity index (χ2n) is 5.47. The van der Waals surface area contributed by atoms with E-state index >= 15 is 0 Å². The Kier molecular flexibility index (Phi) is 3.77. The molecule has 0 aliphatic carbocycles. The third-order valence-electron chi connectivity index (χ3n) is 3.92. The van der Waals surface area contributed by atoms with Crippen molar-refractivity contribution in [3.8, 4) is 17.1 Å². The highest BCUT2D eigenvalue weighted by Crippen LogP contribution is 2.39. The molecule has 0 radical (unpaired) electrons. The molecule has 4 rings (SSSR count). The third kappa shape index (κ3) is 2.78. The molecule has 0 unspecified atom stereocenters. The van der Waals surface area contributed by atoms with E-state index in [1.165, 1.54) is 23.5 Å². The van der Waals surface area contributed by atoms with Crippen molar-refractivity contribution in [2.75, 3.05) is 0 Å². The summed E-state index contributed by atoms with van der Waals surface area (Å²) in [6.45, 7) is 0. The molecule has 5 nitrogen and oxygen atoms in total. The molecular weight excluding hydrogens is 339 g/mol. The molecule has 0 bridgehead atoms. The minimum atomic E-state index is -0.287. The topological polar surface area (TPSA) is 62.8 Å². The fourth-order valence-electron chi connectivity index (χ4n) is 2.61. The van der Waals surface area contributed by atoms with Gasteiger partial charge < -0.3 is 9.67 Å². The van der Waals surface area contributed by atoms with Crippen molar-refractivity contribution in [3.63, 3.8) is 0 Å². The van der Waals surface area contributed by atoms with Gasteiger partial charge in [0.25, 0.3) is 0 Å². The number of halogens is 1. The Morgan fingerprint density at radius 3 is 2.64 bits per heavy atom. The van der Waals surface area contributed by atoms with Gasteiger partial charge in [0.05, 0.1) is 11.2 Å². The lowest BCUT2D eigenvalue weighted by Gasteiger charge is -1.95. The number of para-hydroxylation sites is 1. The number of hydrogen-bond acceptors (Lipinski definition) is 5. The first kappa shape index (κ1) is 15.5. The molecule has 0 atom stereocenters. The average molecular weight is 352 g/mol. The van der Waals surface area contributed by atoms with Crippen LogP contribution in [-0.2, 0) is 7.05 Å². The number of aromatic hydroxyl groups is 1. The molecule has 7 heteroatoms. The van der Waals surface area contributed by atoms with Gasteiger partial charge in [-0.25, -0.2) is 9.37 Å². The number of aryl methyl sites for hydroxylation is 1. The molecule has 0 spiro atoms. The van der Waals surface area contributed by atoms with E-state index in [0.29, 0.717) is 16.5 Å². The van der Waals surface area contributed by atoms with E-state index in [1.54, 1.807) is 23.7 Å². The first-order chi connectivity index (χ1) is 12.1. The van der Waals surface area contributed by atoms with Gasteiger partial charge in [0.15, 0.2) is 5.69 Å². The summed E-state index contributed by atoms with van der Waals surface area (Å²) in [6.07, 6.45) is 0. The monoisotopic (exact) mass is 352 g/mol. The first-order valence-corrected chi connectivity index (χ1v) is 8.41. The maximum Gasteiger partial charge on any atom is 0.230 e. The van der Waals surface area contributed by atoms with Gasteiger partial charge in [-0.05, 0) is 30.3 Å². The number of aromatic nitrogens is 2. The summed E-state index contributed by atoms with van der Waals surface area (Å²) in [5.74, 6) is -0.231. The van der Waals surface area contributed by atoms with Crippen LogP contribution in [0, 0.1) is 5.82 Å². The summed E-state index contributed by atoms with van der Waals surface area (Å²) < 4.78 is 14.7. The Morgan fingerprint density at radius 1 is 1.08 bits per heavy atom. The molecule has 4 aromatic rings. The summed E-state index contributed by atoms with van der Waals surface area (Å²) in [6, 6.07) is 13.7. The summed E-state index contributed by atoms with van der Waals surface area (Å²) in [5, 5.41) is 21.7. The largest absolute Gasteiger partial charge is 0.493 e. The van der Waals surface area contributed by atoms with Gasteiger partial charge in [-0.15, -0.1) is 21.6 Å².